The molecular formula is C35H44N4O4. The number of carbonyl (C=O) groups excluding carboxylic acids is 2. The lowest BCUT2D eigenvalue weighted by atomic mass is 9.95. The molecule has 43 heavy (non-hydrogen) atoms. The second kappa shape index (κ2) is 13.6. The molecule has 0 radical (unpaired) electrons. The zero-order valence-electron chi connectivity index (χ0n) is 25.8. The third-order valence-corrected chi connectivity index (χ3v) is 7.99. The Kier molecular flexibility index (Phi) is 9.65. The molecule has 1 aromatic heterocycles. The molecule has 0 saturated carbocycles. The molecule has 2 atom stereocenters. The summed E-state index contributed by atoms with van der Waals surface area (Å²) in [4.78, 5) is 33.6. The van der Waals surface area contributed by atoms with E-state index in [1.54, 1.807) is 7.11 Å². The Morgan fingerprint density at radius 3 is 2.60 bits per heavy atom. The molecule has 3 aromatic carbocycles. The van der Waals surface area contributed by atoms with Gasteiger partial charge < -0.3 is 24.3 Å². The number of para-hydroxylation sites is 2. The van der Waals surface area contributed by atoms with Gasteiger partial charge >= 0.3 is 6.09 Å². The SMILES string of the molecule is COCCCn1c([C@@H]2CCCN(C(=O)C[C@@H](Cc3ccc4ccccc4c3)NC(=O)OC(C)(C)C)C2)nc2ccccc21. The maximum Gasteiger partial charge on any atom is 0.407 e. The van der Waals surface area contributed by atoms with Gasteiger partial charge in [0, 0.05) is 51.7 Å². The molecule has 228 valence electrons. The number of alkyl carbamates (subject to hydrolysis) is 1. The van der Waals surface area contributed by atoms with Crippen LogP contribution in [-0.2, 0) is 27.2 Å². The minimum absolute atomic E-state index is 0.0357. The van der Waals surface area contributed by atoms with Crippen LogP contribution in [0.15, 0.2) is 66.7 Å². The van der Waals surface area contributed by atoms with Gasteiger partial charge in [-0.25, -0.2) is 9.78 Å². The van der Waals surface area contributed by atoms with E-state index in [0.29, 0.717) is 26.1 Å². The smallest absolute Gasteiger partial charge is 0.407 e. The molecule has 4 aromatic rings. The van der Waals surface area contributed by atoms with Gasteiger partial charge in [-0.05, 0) is 74.9 Å². The molecule has 1 saturated heterocycles. The summed E-state index contributed by atoms with van der Waals surface area (Å²) < 4.78 is 13.2. The quantitative estimate of drug-likeness (QED) is 0.216. The molecule has 1 N–H and O–H groups in total. The Labute approximate surface area is 254 Å². The number of carbonyl (C=O) groups is 2. The van der Waals surface area contributed by atoms with Gasteiger partial charge in [0.25, 0.3) is 0 Å². The van der Waals surface area contributed by atoms with Crippen molar-refractivity contribution in [1.29, 1.82) is 0 Å². The van der Waals surface area contributed by atoms with E-state index in [2.05, 4.69) is 52.3 Å². The molecule has 8 heteroatoms. The van der Waals surface area contributed by atoms with Crippen LogP contribution < -0.4 is 5.32 Å². The van der Waals surface area contributed by atoms with Crippen molar-refractivity contribution in [2.75, 3.05) is 26.8 Å². The molecule has 1 aliphatic rings. The van der Waals surface area contributed by atoms with Crippen LogP contribution in [0.25, 0.3) is 21.8 Å². The fourth-order valence-corrected chi connectivity index (χ4v) is 6.06. The topological polar surface area (TPSA) is 85.7 Å². The normalized spacial score (nSPS) is 16.4. The fourth-order valence-electron chi connectivity index (χ4n) is 6.06. The third kappa shape index (κ3) is 7.93. The first kappa shape index (κ1) is 30.5. The molecular weight excluding hydrogens is 540 g/mol. The number of likely N-dealkylation sites (tertiary alicyclic amines) is 1. The van der Waals surface area contributed by atoms with E-state index in [4.69, 9.17) is 14.5 Å². The van der Waals surface area contributed by atoms with Crippen molar-refractivity contribution in [2.45, 2.75) is 77.0 Å². The van der Waals surface area contributed by atoms with Crippen LogP contribution in [0, 0.1) is 0 Å². The Balaban J connectivity index is 1.32. The highest BCUT2D eigenvalue weighted by Crippen LogP contribution is 2.30. The van der Waals surface area contributed by atoms with Crippen molar-refractivity contribution in [3.63, 3.8) is 0 Å². The van der Waals surface area contributed by atoms with Crippen LogP contribution in [0.5, 0.6) is 0 Å². The van der Waals surface area contributed by atoms with Crippen molar-refractivity contribution in [3.05, 3.63) is 78.1 Å². The Morgan fingerprint density at radius 1 is 1.05 bits per heavy atom. The number of fused-ring (bicyclic) bond motifs is 2. The summed E-state index contributed by atoms with van der Waals surface area (Å²) in [5.41, 5.74) is 2.54. The second-order valence-electron chi connectivity index (χ2n) is 12.6. The van der Waals surface area contributed by atoms with E-state index in [1.165, 1.54) is 0 Å². The molecule has 0 spiro atoms. The van der Waals surface area contributed by atoms with Crippen LogP contribution in [0.3, 0.4) is 0 Å². The van der Waals surface area contributed by atoms with Crippen LogP contribution in [0.1, 0.15) is 63.8 Å². The molecule has 1 fully saturated rings. The fraction of sp³-hybridized carbons (Fsp3) is 0.457. The van der Waals surface area contributed by atoms with Gasteiger partial charge in [0.05, 0.1) is 11.0 Å². The predicted molar refractivity (Wildman–Crippen MR) is 170 cm³/mol. The largest absolute Gasteiger partial charge is 0.444 e. The van der Waals surface area contributed by atoms with Crippen molar-refractivity contribution < 1.29 is 19.1 Å². The highest BCUT2D eigenvalue weighted by Gasteiger charge is 2.30. The minimum Gasteiger partial charge on any atom is -0.444 e. The Morgan fingerprint density at radius 2 is 1.81 bits per heavy atom. The monoisotopic (exact) mass is 584 g/mol. The van der Waals surface area contributed by atoms with Gasteiger partial charge in [0.2, 0.25) is 5.91 Å². The number of rotatable bonds is 10. The molecule has 5 rings (SSSR count). The van der Waals surface area contributed by atoms with Crippen molar-refractivity contribution in [2.24, 2.45) is 0 Å². The summed E-state index contributed by atoms with van der Waals surface area (Å²) in [6.45, 7) is 8.34. The zero-order valence-corrected chi connectivity index (χ0v) is 25.8. The lowest BCUT2D eigenvalue weighted by molar-refractivity contribution is -0.132. The van der Waals surface area contributed by atoms with Gasteiger partial charge in [-0.2, -0.15) is 0 Å². The number of methoxy groups -OCH3 is 1. The number of benzene rings is 3. The standard InChI is InChI=1S/C35H44N4O4/c1-35(2,3)43-34(41)36-29(22-25-16-17-26-11-5-6-12-27(26)21-25)23-32(40)38-18-9-13-28(24-38)33-37-30-14-7-8-15-31(30)39(33)19-10-20-42-4/h5-8,11-12,14-17,21,28-29H,9-10,13,18-20,22-24H2,1-4H3,(H,36,41)/t28-,29-/m1/s1. The van der Waals surface area contributed by atoms with Gasteiger partial charge in [-0.15, -0.1) is 0 Å². The van der Waals surface area contributed by atoms with Crippen molar-refractivity contribution in [3.8, 4) is 0 Å². The molecule has 2 heterocycles. The summed E-state index contributed by atoms with van der Waals surface area (Å²) in [5.74, 6) is 1.22. The van der Waals surface area contributed by atoms with E-state index >= 15 is 0 Å². The minimum atomic E-state index is -0.629. The lowest BCUT2D eigenvalue weighted by Crippen LogP contribution is -2.46. The number of nitrogens with one attached hydrogen (secondary N) is 1. The number of ether oxygens (including phenoxy) is 2. The van der Waals surface area contributed by atoms with Crippen LogP contribution in [0.4, 0.5) is 4.79 Å². The Hall–Kier alpha value is -3.91. The van der Waals surface area contributed by atoms with E-state index < -0.39 is 17.7 Å². The summed E-state index contributed by atoms with van der Waals surface area (Å²) >= 11 is 0. The number of hydrogen-bond acceptors (Lipinski definition) is 5. The highest BCUT2D eigenvalue weighted by atomic mass is 16.6. The molecule has 1 aliphatic heterocycles. The number of imidazole rings is 1. The predicted octanol–water partition coefficient (Wildman–Crippen LogP) is 6.46. The maximum absolute atomic E-state index is 13.8. The first-order chi connectivity index (χ1) is 20.7. The van der Waals surface area contributed by atoms with Gasteiger partial charge in [-0.1, -0.05) is 54.6 Å². The number of aromatic nitrogens is 2. The van der Waals surface area contributed by atoms with E-state index in [9.17, 15) is 9.59 Å². The van der Waals surface area contributed by atoms with Crippen molar-refractivity contribution in [1.82, 2.24) is 19.8 Å². The number of hydrogen-bond donors (Lipinski definition) is 1. The first-order valence-corrected chi connectivity index (χ1v) is 15.4. The number of aryl methyl sites for hydroxylation is 1. The number of amides is 2. The first-order valence-electron chi connectivity index (χ1n) is 15.4. The van der Waals surface area contributed by atoms with Crippen LogP contribution in [-0.4, -0.2) is 64.9 Å². The average molecular weight is 585 g/mol. The van der Waals surface area contributed by atoms with Crippen LogP contribution >= 0.6 is 0 Å². The summed E-state index contributed by atoms with van der Waals surface area (Å²) in [6, 6.07) is 22.3. The summed E-state index contributed by atoms with van der Waals surface area (Å²) in [6.07, 6.45) is 3.00. The third-order valence-electron chi connectivity index (χ3n) is 7.99. The van der Waals surface area contributed by atoms with Crippen molar-refractivity contribution >= 4 is 33.8 Å². The van der Waals surface area contributed by atoms with E-state index in [-0.39, 0.29) is 18.2 Å². The zero-order chi connectivity index (χ0) is 30.4. The summed E-state index contributed by atoms with van der Waals surface area (Å²) in [5, 5.41) is 5.29. The lowest BCUT2D eigenvalue weighted by Gasteiger charge is -2.34. The van der Waals surface area contributed by atoms with E-state index in [1.807, 2.05) is 49.9 Å². The van der Waals surface area contributed by atoms with E-state index in [0.717, 1.165) is 59.0 Å². The molecule has 8 nitrogen and oxygen atoms in total. The molecule has 2 amide bonds. The van der Waals surface area contributed by atoms with Gasteiger partial charge in [0.1, 0.15) is 11.4 Å². The Bertz CT molecular complexity index is 1560. The average Bonchev–Trinajstić information content (AvgIpc) is 3.35. The number of piperidine rings is 1. The maximum atomic E-state index is 13.8. The van der Waals surface area contributed by atoms with Crippen LogP contribution in [0.2, 0.25) is 0 Å². The van der Waals surface area contributed by atoms with Gasteiger partial charge in [-0.3, -0.25) is 4.79 Å². The molecule has 0 bridgehead atoms. The van der Waals surface area contributed by atoms with Gasteiger partial charge in [0.15, 0.2) is 0 Å². The second-order valence-corrected chi connectivity index (χ2v) is 12.6. The summed E-state index contributed by atoms with van der Waals surface area (Å²) in [7, 11) is 1.72. The highest BCUT2D eigenvalue weighted by molar-refractivity contribution is 5.83. The number of nitrogens with zero attached hydrogens (tertiary/aromatic N) is 3. The molecule has 0 unspecified atom stereocenters. The molecule has 0 aliphatic carbocycles.